The Morgan fingerprint density at radius 1 is 1.12 bits per heavy atom. The van der Waals surface area contributed by atoms with E-state index in [1.54, 1.807) is 20.8 Å². The topological polar surface area (TPSA) is 60.4 Å². The van der Waals surface area contributed by atoms with Crippen molar-refractivity contribution in [3.8, 4) is 0 Å². The Bertz CT molecular complexity index is 627. The Balaban J connectivity index is 2.45. The molecule has 0 spiro atoms. The Morgan fingerprint density at radius 2 is 1.76 bits per heavy atom. The summed E-state index contributed by atoms with van der Waals surface area (Å²) in [6.07, 6.45) is 3.06. The third-order valence-corrected chi connectivity index (χ3v) is 4.68. The molecule has 25 heavy (non-hydrogen) atoms. The molecule has 136 valence electrons. The van der Waals surface area contributed by atoms with Crippen LogP contribution in [0.5, 0.6) is 0 Å². The molecule has 0 aliphatic heterocycles. The minimum Gasteiger partial charge on any atom is -0.459 e. The molecule has 0 radical (unpaired) electrons. The smallest absolute Gasteiger partial charge is 0.317 e. The van der Waals surface area contributed by atoms with Crippen molar-refractivity contribution in [1.29, 1.82) is 0 Å². The summed E-state index contributed by atoms with van der Waals surface area (Å²) < 4.78 is 5.52. The summed E-state index contributed by atoms with van der Waals surface area (Å²) in [5, 5.41) is 0. The molecule has 4 nitrogen and oxygen atoms in total. The molecule has 4 heteroatoms. The fraction of sp³-hybridized carbons (Fsp3) is 0.571. The number of Topliss-reactive ketones (excluding diaryl/α,β-unsaturated/α-hetero) is 2. The SMILES string of the molecule is CC(=O)C(C(=O)OC(C)(C)C)C(c1ccccc1)C1CCCCC1=O. The largest absolute Gasteiger partial charge is 0.459 e. The van der Waals surface area contributed by atoms with Crippen molar-refractivity contribution in [3.05, 3.63) is 35.9 Å². The second-order valence-corrected chi connectivity index (χ2v) is 7.88. The molecule has 1 aliphatic carbocycles. The lowest BCUT2D eigenvalue weighted by atomic mass is 9.69. The van der Waals surface area contributed by atoms with Crippen LogP contribution in [0.2, 0.25) is 0 Å². The molecule has 0 saturated heterocycles. The van der Waals surface area contributed by atoms with E-state index in [4.69, 9.17) is 4.74 Å². The first-order chi connectivity index (χ1) is 11.7. The first-order valence-electron chi connectivity index (χ1n) is 9.01. The summed E-state index contributed by atoms with van der Waals surface area (Å²) in [4.78, 5) is 37.8. The molecule has 0 heterocycles. The van der Waals surface area contributed by atoms with Crippen LogP contribution in [0.15, 0.2) is 30.3 Å². The predicted octanol–water partition coefficient (Wildman–Crippen LogP) is 4.08. The molecule has 0 N–H and O–H groups in total. The lowest BCUT2D eigenvalue weighted by molar-refractivity contribution is -0.163. The van der Waals surface area contributed by atoms with E-state index in [2.05, 4.69) is 0 Å². The predicted molar refractivity (Wildman–Crippen MR) is 96.2 cm³/mol. The normalized spacial score (nSPS) is 20.6. The summed E-state index contributed by atoms with van der Waals surface area (Å²) in [5.41, 5.74) is 0.177. The summed E-state index contributed by atoms with van der Waals surface area (Å²) in [6, 6.07) is 9.43. The molecule has 0 amide bonds. The van der Waals surface area contributed by atoms with Gasteiger partial charge in [-0.25, -0.2) is 0 Å². The van der Waals surface area contributed by atoms with Gasteiger partial charge < -0.3 is 4.74 Å². The van der Waals surface area contributed by atoms with Gasteiger partial charge in [-0.2, -0.15) is 0 Å². The fourth-order valence-electron chi connectivity index (χ4n) is 3.65. The lowest BCUT2D eigenvalue weighted by Gasteiger charge is -2.34. The van der Waals surface area contributed by atoms with Crippen LogP contribution in [-0.4, -0.2) is 23.1 Å². The Kier molecular flexibility index (Phi) is 6.15. The molecule has 3 atom stereocenters. The number of hydrogen-bond acceptors (Lipinski definition) is 4. The van der Waals surface area contributed by atoms with Crippen LogP contribution in [-0.2, 0) is 19.1 Å². The zero-order valence-corrected chi connectivity index (χ0v) is 15.6. The van der Waals surface area contributed by atoms with Gasteiger partial charge in [0.2, 0.25) is 0 Å². The minimum atomic E-state index is -0.950. The summed E-state index contributed by atoms with van der Waals surface area (Å²) in [7, 11) is 0. The van der Waals surface area contributed by atoms with Gasteiger partial charge in [0.25, 0.3) is 0 Å². The van der Waals surface area contributed by atoms with Crippen molar-refractivity contribution in [1.82, 2.24) is 0 Å². The highest BCUT2D eigenvalue weighted by atomic mass is 16.6. The molecule has 1 aromatic rings. The standard InChI is InChI=1S/C21H28O4/c1-14(22)18(20(24)25-21(2,3)4)19(15-10-6-5-7-11-15)16-12-8-9-13-17(16)23/h5-7,10-11,16,18-19H,8-9,12-13H2,1-4H3. The number of carbonyl (C=O) groups is 3. The monoisotopic (exact) mass is 344 g/mol. The van der Waals surface area contributed by atoms with Crippen molar-refractivity contribution in [2.75, 3.05) is 0 Å². The molecular formula is C21H28O4. The van der Waals surface area contributed by atoms with E-state index >= 15 is 0 Å². The highest BCUT2D eigenvalue weighted by Crippen LogP contribution is 2.40. The van der Waals surface area contributed by atoms with Gasteiger partial charge in [-0.15, -0.1) is 0 Å². The highest BCUT2D eigenvalue weighted by molar-refractivity contribution is 6.00. The molecular weight excluding hydrogens is 316 g/mol. The number of rotatable bonds is 5. The van der Waals surface area contributed by atoms with Crippen LogP contribution in [0.25, 0.3) is 0 Å². The molecule has 1 saturated carbocycles. The van der Waals surface area contributed by atoms with Crippen LogP contribution in [0.1, 0.15) is 64.9 Å². The van der Waals surface area contributed by atoms with E-state index in [9.17, 15) is 14.4 Å². The van der Waals surface area contributed by atoms with Gasteiger partial charge in [-0.1, -0.05) is 36.8 Å². The first kappa shape index (κ1) is 19.4. The Morgan fingerprint density at radius 3 is 2.28 bits per heavy atom. The number of benzene rings is 1. The van der Waals surface area contributed by atoms with Crippen molar-refractivity contribution < 1.29 is 19.1 Å². The van der Waals surface area contributed by atoms with Gasteiger partial charge in [-0.3, -0.25) is 14.4 Å². The van der Waals surface area contributed by atoms with Crippen molar-refractivity contribution >= 4 is 17.5 Å². The van der Waals surface area contributed by atoms with Gasteiger partial charge >= 0.3 is 5.97 Å². The molecule has 1 aromatic carbocycles. The second kappa shape index (κ2) is 7.94. The van der Waals surface area contributed by atoms with Gasteiger partial charge in [0.05, 0.1) is 0 Å². The van der Waals surface area contributed by atoms with Gasteiger partial charge in [0, 0.05) is 18.3 Å². The van der Waals surface area contributed by atoms with Gasteiger partial charge in [0.15, 0.2) is 0 Å². The van der Waals surface area contributed by atoms with E-state index in [0.717, 1.165) is 18.4 Å². The van der Waals surface area contributed by atoms with Crippen LogP contribution >= 0.6 is 0 Å². The van der Waals surface area contributed by atoms with E-state index in [1.165, 1.54) is 6.92 Å². The van der Waals surface area contributed by atoms with Gasteiger partial charge in [0.1, 0.15) is 23.1 Å². The number of carbonyl (C=O) groups excluding carboxylic acids is 3. The molecule has 1 fully saturated rings. The maximum absolute atomic E-state index is 12.8. The maximum atomic E-state index is 12.8. The van der Waals surface area contributed by atoms with Crippen LogP contribution < -0.4 is 0 Å². The Labute approximate surface area is 149 Å². The molecule has 0 bridgehead atoms. The van der Waals surface area contributed by atoms with E-state index in [1.807, 2.05) is 30.3 Å². The summed E-state index contributed by atoms with van der Waals surface area (Å²) in [5.74, 6) is -2.35. The zero-order chi connectivity index (χ0) is 18.6. The summed E-state index contributed by atoms with van der Waals surface area (Å²) >= 11 is 0. The summed E-state index contributed by atoms with van der Waals surface area (Å²) in [6.45, 7) is 6.76. The number of esters is 1. The van der Waals surface area contributed by atoms with Gasteiger partial charge in [-0.05, 0) is 46.1 Å². The second-order valence-electron chi connectivity index (χ2n) is 7.88. The maximum Gasteiger partial charge on any atom is 0.317 e. The third-order valence-electron chi connectivity index (χ3n) is 4.68. The van der Waals surface area contributed by atoms with Crippen LogP contribution in [0, 0.1) is 11.8 Å². The molecule has 2 rings (SSSR count). The molecule has 3 unspecified atom stereocenters. The number of ketones is 2. The van der Waals surface area contributed by atoms with Crippen molar-refractivity contribution in [2.24, 2.45) is 11.8 Å². The Hall–Kier alpha value is -1.97. The number of hydrogen-bond donors (Lipinski definition) is 0. The molecule has 1 aliphatic rings. The van der Waals surface area contributed by atoms with E-state index in [0.29, 0.717) is 12.8 Å². The van der Waals surface area contributed by atoms with Crippen LogP contribution in [0.3, 0.4) is 0 Å². The first-order valence-corrected chi connectivity index (χ1v) is 9.01. The average Bonchev–Trinajstić information content (AvgIpc) is 2.52. The highest BCUT2D eigenvalue weighted by Gasteiger charge is 2.43. The minimum absolute atomic E-state index is 0.148. The lowest BCUT2D eigenvalue weighted by Crippen LogP contribution is -2.40. The van der Waals surface area contributed by atoms with E-state index < -0.39 is 23.4 Å². The fourth-order valence-corrected chi connectivity index (χ4v) is 3.65. The zero-order valence-electron chi connectivity index (χ0n) is 15.6. The van der Waals surface area contributed by atoms with Crippen molar-refractivity contribution in [2.45, 2.75) is 64.9 Å². The quantitative estimate of drug-likeness (QED) is 0.596. The van der Waals surface area contributed by atoms with Crippen LogP contribution in [0.4, 0.5) is 0 Å². The van der Waals surface area contributed by atoms with Crippen molar-refractivity contribution in [3.63, 3.8) is 0 Å². The average molecular weight is 344 g/mol. The molecule has 0 aromatic heterocycles. The van der Waals surface area contributed by atoms with E-state index in [-0.39, 0.29) is 17.5 Å². The third kappa shape index (κ3) is 5.00. The number of ether oxygens (including phenoxy) is 1.